The predicted molar refractivity (Wildman–Crippen MR) is 83.8 cm³/mol. The molecule has 1 aliphatic rings. The third-order valence-electron chi connectivity index (χ3n) is 3.81. The first-order chi connectivity index (χ1) is 9.92. The Balaban J connectivity index is 2.13. The van der Waals surface area contributed by atoms with Crippen molar-refractivity contribution in [1.82, 2.24) is 14.6 Å². The minimum atomic E-state index is -3.50. The number of sulfonamides is 1. The molecule has 2 heterocycles. The lowest BCUT2D eigenvalue weighted by Crippen LogP contribution is -2.48. The largest absolute Gasteiger partial charge is 0.370 e. The molecule has 0 aromatic carbocycles. The number of hydrogen-bond donors (Lipinski definition) is 2. The first-order valence-corrected chi connectivity index (χ1v) is 8.81. The molecule has 0 bridgehead atoms. The highest BCUT2D eigenvalue weighted by molar-refractivity contribution is 7.89. The van der Waals surface area contributed by atoms with Crippen LogP contribution in [0.15, 0.2) is 23.2 Å². The lowest BCUT2D eigenvalue weighted by Gasteiger charge is -2.34. The number of hydrogen-bond acceptors (Lipinski definition) is 5. The molecule has 2 N–H and O–H groups in total. The number of piperidine rings is 1. The third kappa shape index (κ3) is 4.15. The molecule has 0 spiro atoms. The Bertz CT molecular complexity index is 576. The van der Waals surface area contributed by atoms with Crippen LogP contribution in [0.4, 0.5) is 5.82 Å². The van der Waals surface area contributed by atoms with E-state index in [1.165, 1.54) is 12.3 Å². The van der Waals surface area contributed by atoms with E-state index < -0.39 is 10.0 Å². The second-order valence-electron chi connectivity index (χ2n) is 5.66. The Labute approximate surface area is 127 Å². The molecule has 21 heavy (non-hydrogen) atoms. The fourth-order valence-corrected chi connectivity index (χ4v) is 4.04. The highest BCUT2D eigenvalue weighted by Crippen LogP contribution is 2.19. The number of likely N-dealkylation sites (tertiary alicyclic amines) is 1. The topological polar surface area (TPSA) is 74.3 Å². The number of anilines is 1. The molecule has 1 aliphatic heterocycles. The average molecular weight is 312 g/mol. The second-order valence-corrected chi connectivity index (χ2v) is 7.38. The minimum absolute atomic E-state index is 0.0121. The van der Waals surface area contributed by atoms with Crippen molar-refractivity contribution < 1.29 is 8.42 Å². The van der Waals surface area contributed by atoms with Crippen LogP contribution in [0.25, 0.3) is 0 Å². The summed E-state index contributed by atoms with van der Waals surface area (Å²) in [4.78, 5) is 6.60. The molecule has 1 aromatic rings. The second kappa shape index (κ2) is 6.72. The summed E-state index contributed by atoms with van der Waals surface area (Å²) in [6.07, 6.45) is 2.35. The fourth-order valence-electron chi connectivity index (χ4n) is 2.65. The Morgan fingerprint density at radius 2 is 2.24 bits per heavy atom. The molecule has 1 aromatic heterocycles. The fraction of sp³-hybridized carbons (Fsp3) is 0.643. The Morgan fingerprint density at radius 1 is 1.48 bits per heavy atom. The molecule has 0 aliphatic carbocycles. The molecular formula is C14H24N4O2S. The Kier molecular flexibility index (Phi) is 5.18. The Hall–Kier alpha value is -1.18. The monoisotopic (exact) mass is 312 g/mol. The summed E-state index contributed by atoms with van der Waals surface area (Å²) in [5, 5.41) is 3.03. The van der Waals surface area contributed by atoms with Gasteiger partial charge in [0.15, 0.2) is 0 Å². The number of nitrogens with zero attached hydrogens (tertiary/aromatic N) is 2. The lowest BCUT2D eigenvalue weighted by atomic mass is 9.95. The molecule has 0 amide bonds. The van der Waals surface area contributed by atoms with Crippen molar-refractivity contribution in [1.29, 1.82) is 0 Å². The van der Waals surface area contributed by atoms with E-state index in [9.17, 15) is 8.42 Å². The van der Waals surface area contributed by atoms with Gasteiger partial charge in [-0.15, -0.1) is 0 Å². The van der Waals surface area contributed by atoms with E-state index >= 15 is 0 Å². The highest BCUT2D eigenvalue weighted by Gasteiger charge is 2.28. The van der Waals surface area contributed by atoms with Gasteiger partial charge in [0.25, 0.3) is 0 Å². The summed E-state index contributed by atoms with van der Waals surface area (Å²) >= 11 is 0. The summed E-state index contributed by atoms with van der Waals surface area (Å²) in [6, 6.07) is 3.09. The van der Waals surface area contributed by atoms with Crippen molar-refractivity contribution in [3.8, 4) is 0 Å². The summed E-state index contributed by atoms with van der Waals surface area (Å²) in [6.45, 7) is 6.55. The van der Waals surface area contributed by atoms with E-state index in [2.05, 4.69) is 33.9 Å². The molecule has 2 rings (SSSR count). The van der Waals surface area contributed by atoms with Crippen LogP contribution in [0.3, 0.4) is 0 Å². The van der Waals surface area contributed by atoms with Crippen LogP contribution in [-0.2, 0) is 10.0 Å². The van der Waals surface area contributed by atoms with Crippen LogP contribution in [0.1, 0.15) is 20.3 Å². The van der Waals surface area contributed by atoms with Gasteiger partial charge in [-0.05, 0) is 38.9 Å². The summed E-state index contributed by atoms with van der Waals surface area (Å²) in [5.41, 5.74) is 0. The van der Waals surface area contributed by atoms with Crippen molar-refractivity contribution in [3.63, 3.8) is 0 Å². The SMILES string of the molecule is CCNc1cc(S(=O)(=O)NC2CCN(C)CC2C)ccn1. The van der Waals surface area contributed by atoms with Crippen LogP contribution in [0.5, 0.6) is 0 Å². The van der Waals surface area contributed by atoms with E-state index in [0.29, 0.717) is 18.3 Å². The van der Waals surface area contributed by atoms with Crippen molar-refractivity contribution in [2.24, 2.45) is 5.92 Å². The van der Waals surface area contributed by atoms with Gasteiger partial charge in [0, 0.05) is 31.4 Å². The van der Waals surface area contributed by atoms with Gasteiger partial charge >= 0.3 is 0 Å². The molecule has 118 valence electrons. The summed E-state index contributed by atoms with van der Waals surface area (Å²) < 4.78 is 27.8. The predicted octanol–water partition coefficient (Wildman–Crippen LogP) is 1.13. The van der Waals surface area contributed by atoms with E-state index in [1.807, 2.05) is 6.92 Å². The number of nitrogens with one attached hydrogen (secondary N) is 2. The van der Waals surface area contributed by atoms with Crippen LogP contribution >= 0.6 is 0 Å². The van der Waals surface area contributed by atoms with Gasteiger partial charge in [-0.1, -0.05) is 6.92 Å². The first-order valence-electron chi connectivity index (χ1n) is 7.33. The van der Waals surface area contributed by atoms with Crippen molar-refractivity contribution in [2.75, 3.05) is 32.0 Å². The number of rotatable bonds is 5. The van der Waals surface area contributed by atoms with Gasteiger partial charge in [-0.3, -0.25) is 0 Å². The van der Waals surface area contributed by atoms with Gasteiger partial charge in [0.2, 0.25) is 10.0 Å². The molecule has 6 nitrogen and oxygen atoms in total. The zero-order chi connectivity index (χ0) is 15.5. The normalized spacial score (nSPS) is 24.0. The Morgan fingerprint density at radius 3 is 2.90 bits per heavy atom. The van der Waals surface area contributed by atoms with Gasteiger partial charge in [0.05, 0.1) is 4.90 Å². The van der Waals surface area contributed by atoms with Crippen LogP contribution in [0, 0.1) is 5.92 Å². The van der Waals surface area contributed by atoms with E-state index in [4.69, 9.17) is 0 Å². The smallest absolute Gasteiger partial charge is 0.241 e. The molecule has 0 saturated carbocycles. The van der Waals surface area contributed by atoms with Crippen molar-refractivity contribution >= 4 is 15.8 Å². The summed E-state index contributed by atoms with van der Waals surface area (Å²) in [7, 11) is -1.44. The van der Waals surface area contributed by atoms with E-state index in [-0.39, 0.29) is 10.9 Å². The van der Waals surface area contributed by atoms with Crippen molar-refractivity contribution in [3.05, 3.63) is 18.3 Å². The average Bonchev–Trinajstić information content (AvgIpc) is 2.43. The van der Waals surface area contributed by atoms with Crippen LogP contribution < -0.4 is 10.0 Å². The van der Waals surface area contributed by atoms with Gasteiger partial charge in [-0.2, -0.15) is 0 Å². The van der Waals surface area contributed by atoms with Gasteiger partial charge in [0.1, 0.15) is 5.82 Å². The number of aromatic nitrogens is 1. The van der Waals surface area contributed by atoms with E-state index in [1.54, 1.807) is 6.07 Å². The standard InChI is InChI=1S/C14H24N4O2S/c1-4-15-14-9-12(5-7-16-14)21(19,20)17-13-6-8-18(3)10-11(13)2/h5,7,9,11,13,17H,4,6,8,10H2,1-3H3,(H,15,16). The molecule has 2 atom stereocenters. The maximum absolute atomic E-state index is 12.5. The molecule has 2 unspecified atom stereocenters. The molecule has 7 heteroatoms. The molecule has 1 fully saturated rings. The van der Waals surface area contributed by atoms with Crippen LogP contribution in [0.2, 0.25) is 0 Å². The van der Waals surface area contributed by atoms with Gasteiger partial charge < -0.3 is 10.2 Å². The van der Waals surface area contributed by atoms with E-state index in [0.717, 1.165) is 19.5 Å². The maximum Gasteiger partial charge on any atom is 0.241 e. The van der Waals surface area contributed by atoms with Crippen LogP contribution in [-0.4, -0.2) is 51.0 Å². The zero-order valence-corrected chi connectivity index (χ0v) is 13.7. The molecular weight excluding hydrogens is 288 g/mol. The summed E-state index contributed by atoms with van der Waals surface area (Å²) in [5.74, 6) is 0.880. The lowest BCUT2D eigenvalue weighted by molar-refractivity contribution is 0.188. The molecule has 1 saturated heterocycles. The molecule has 0 radical (unpaired) electrons. The van der Waals surface area contributed by atoms with Gasteiger partial charge in [-0.25, -0.2) is 18.1 Å². The number of pyridine rings is 1. The first kappa shape index (κ1) is 16.2. The quantitative estimate of drug-likeness (QED) is 0.852. The third-order valence-corrected chi connectivity index (χ3v) is 5.30. The zero-order valence-electron chi connectivity index (χ0n) is 12.8. The van der Waals surface area contributed by atoms with Crippen molar-refractivity contribution in [2.45, 2.75) is 31.2 Å². The minimum Gasteiger partial charge on any atom is -0.370 e. The maximum atomic E-state index is 12.5. The highest BCUT2D eigenvalue weighted by atomic mass is 32.2.